The van der Waals surface area contributed by atoms with Crippen molar-refractivity contribution in [3.63, 3.8) is 0 Å². The second kappa shape index (κ2) is 6.83. The fraction of sp³-hybridized carbons (Fsp3) is 0.467. The molecule has 22 heavy (non-hydrogen) atoms. The monoisotopic (exact) mass is 321 g/mol. The molecule has 1 aromatic rings. The lowest BCUT2D eigenvalue weighted by Gasteiger charge is -2.16. The van der Waals surface area contributed by atoms with Gasteiger partial charge in [0.05, 0.1) is 0 Å². The van der Waals surface area contributed by atoms with Crippen molar-refractivity contribution in [3.8, 4) is 11.5 Å². The van der Waals surface area contributed by atoms with E-state index >= 15 is 0 Å². The van der Waals surface area contributed by atoms with E-state index in [-0.39, 0.29) is 12.7 Å². The number of amides is 1. The Hall–Kier alpha value is -2.02. The van der Waals surface area contributed by atoms with Crippen LogP contribution in [0.25, 0.3) is 0 Å². The molecule has 1 saturated heterocycles. The first kappa shape index (κ1) is 14.9. The third kappa shape index (κ3) is 3.59. The van der Waals surface area contributed by atoms with Gasteiger partial charge in [-0.3, -0.25) is 4.79 Å². The molecule has 2 N–H and O–H groups in total. The summed E-state index contributed by atoms with van der Waals surface area (Å²) in [6.45, 7) is 2.67. The minimum absolute atomic E-state index is 0.261. The first-order valence-electron chi connectivity index (χ1n) is 7.45. The van der Waals surface area contributed by atoms with Crippen LogP contribution in [-0.4, -0.2) is 42.3 Å². The van der Waals surface area contributed by atoms with E-state index in [9.17, 15) is 4.79 Å². The number of benzene rings is 1. The topological polar surface area (TPSA) is 62.8 Å². The molecular formula is C15H19N3O3S. The van der Waals surface area contributed by atoms with Crippen LogP contribution in [0.5, 0.6) is 11.5 Å². The normalized spacial score (nSPS) is 16.0. The number of carbonyl (C=O) groups excluding carboxylic acids is 1. The maximum absolute atomic E-state index is 11.5. The molecule has 2 heterocycles. The molecule has 1 fully saturated rings. The fourth-order valence-electron chi connectivity index (χ4n) is 2.56. The predicted molar refractivity (Wildman–Crippen MR) is 87.2 cm³/mol. The van der Waals surface area contributed by atoms with Crippen LogP contribution in [0.15, 0.2) is 18.2 Å². The third-order valence-electron chi connectivity index (χ3n) is 3.69. The Labute approximate surface area is 134 Å². The van der Waals surface area contributed by atoms with Gasteiger partial charge < -0.3 is 25.0 Å². The summed E-state index contributed by atoms with van der Waals surface area (Å²) in [5.41, 5.74) is 0.858. The average molecular weight is 321 g/mol. The molecule has 0 atom stereocenters. The van der Waals surface area contributed by atoms with Gasteiger partial charge in [0.2, 0.25) is 12.7 Å². The van der Waals surface area contributed by atoms with Gasteiger partial charge in [-0.15, -0.1) is 0 Å². The van der Waals surface area contributed by atoms with Gasteiger partial charge >= 0.3 is 0 Å². The third-order valence-corrected chi connectivity index (χ3v) is 3.94. The summed E-state index contributed by atoms with van der Waals surface area (Å²) in [5.74, 6) is 1.74. The molecule has 2 aliphatic heterocycles. The van der Waals surface area contributed by atoms with Crippen molar-refractivity contribution in [2.24, 2.45) is 0 Å². The van der Waals surface area contributed by atoms with Gasteiger partial charge in [0.15, 0.2) is 16.6 Å². The molecule has 118 valence electrons. The summed E-state index contributed by atoms with van der Waals surface area (Å²) >= 11 is 5.26. The Morgan fingerprint density at radius 1 is 1.32 bits per heavy atom. The number of likely N-dealkylation sites (tertiary alicyclic amines) is 1. The zero-order valence-corrected chi connectivity index (χ0v) is 13.1. The van der Waals surface area contributed by atoms with Crippen LogP contribution in [0.2, 0.25) is 0 Å². The van der Waals surface area contributed by atoms with Gasteiger partial charge in [0.1, 0.15) is 0 Å². The van der Waals surface area contributed by atoms with E-state index in [0.29, 0.717) is 11.5 Å². The summed E-state index contributed by atoms with van der Waals surface area (Å²) in [6, 6.07) is 5.61. The number of rotatable bonds is 5. The van der Waals surface area contributed by atoms with Crippen LogP contribution < -0.4 is 20.1 Å². The molecule has 0 bridgehead atoms. The van der Waals surface area contributed by atoms with E-state index in [1.165, 1.54) is 0 Å². The lowest BCUT2D eigenvalue weighted by Crippen LogP contribution is -2.32. The Balaban J connectivity index is 1.38. The Kier molecular flexibility index (Phi) is 4.62. The molecule has 7 heteroatoms. The van der Waals surface area contributed by atoms with Gasteiger partial charge in [0.25, 0.3) is 0 Å². The zero-order chi connectivity index (χ0) is 15.4. The van der Waals surface area contributed by atoms with Crippen molar-refractivity contribution < 1.29 is 14.3 Å². The number of nitrogens with one attached hydrogen (secondary N) is 2. The fourth-order valence-corrected chi connectivity index (χ4v) is 2.78. The largest absolute Gasteiger partial charge is 0.454 e. The van der Waals surface area contributed by atoms with Crippen LogP contribution in [0.3, 0.4) is 0 Å². The summed E-state index contributed by atoms with van der Waals surface area (Å²) in [6.07, 6.45) is 2.56. The molecule has 0 radical (unpaired) electrons. The Morgan fingerprint density at radius 3 is 3.00 bits per heavy atom. The van der Waals surface area contributed by atoms with E-state index in [2.05, 4.69) is 10.6 Å². The molecule has 2 aliphatic rings. The highest BCUT2D eigenvalue weighted by Crippen LogP contribution is 2.34. The minimum Gasteiger partial charge on any atom is -0.454 e. The quantitative estimate of drug-likeness (QED) is 0.636. The maximum atomic E-state index is 11.5. The zero-order valence-electron chi connectivity index (χ0n) is 12.3. The van der Waals surface area contributed by atoms with Gasteiger partial charge in [-0.05, 0) is 37.2 Å². The maximum Gasteiger partial charge on any atom is 0.231 e. The molecule has 1 amide bonds. The number of thiocarbonyl (C=S) groups is 1. The summed E-state index contributed by atoms with van der Waals surface area (Å²) < 4.78 is 10.6. The molecule has 0 saturated carbocycles. The summed E-state index contributed by atoms with van der Waals surface area (Å²) in [4.78, 5) is 13.4. The van der Waals surface area contributed by atoms with Crippen molar-refractivity contribution in [2.45, 2.75) is 19.3 Å². The van der Waals surface area contributed by atoms with Gasteiger partial charge in [-0.2, -0.15) is 0 Å². The van der Waals surface area contributed by atoms with E-state index in [1.54, 1.807) is 0 Å². The molecule has 3 rings (SSSR count). The van der Waals surface area contributed by atoms with Crippen LogP contribution in [0.4, 0.5) is 5.69 Å². The SMILES string of the molecule is O=C1CCCN1CCCNC(=S)Nc1ccc2c(c1)OCO2. The van der Waals surface area contributed by atoms with Crippen molar-refractivity contribution in [3.05, 3.63) is 18.2 Å². The number of anilines is 1. The highest BCUT2D eigenvalue weighted by molar-refractivity contribution is 7.80. The molecule has 0 aliphatic carbocycles. The molecule has 0 unspecified atom stereocenters. The van der Waals surface area contributed by atoms with E-state index in [1.807, 2.05) is 23.1 Å². The standard InChI is InChI=1S/C15H19N3O3S/c19-14-3-1-7-18(14)8-2-6-16-15(22)17-11-4-5-12-13(9-11)21-10-20-12/h4-5,9H,1-3,6-8,10H2,(H2,16,17,22). The molecule has 0 spiro atoms. The van der Waals surface area contributed by atoms with Crippen molar-refractivity contribution >= 4 is 28.9 Å². The van der Waals surface area contributed by atoms with Crippen molar-refractivity contribution in [1.82, 2.24) is 10.2 Å². The van der Waals surface area contributed by atoms with Crippen molar-refractivity contribution in [2.75, 3.05) is 31.7 Å². The summed E-state index contributed by atoms with van der Waals surface area (Å²) in [7, 11) is 0. The first-order chi connectivity index (χ1) is 10.7. The van der Waals surface area contributed by atoms with Crippen LogP contribution >= 0.6 is 12.2 Å². The van der Waals surface area contributed by atoms with Crippen molar-refractivity contribution in [1.29, 1.82) is 0 Å². The van der Waals surface area contributed by atoms with Crippen LogP contribution in [0, 0.1) is 0 Å². The lowest BCUT2D eigenvalue weighted by atomic mass is 10.3. The van der Waals surface area contributed by atoms with Crippen LogP contribution in [-0.2, 0) is 4.79 Å². The Bertz CT molecular complexity index is 579. The summed E-state index contributed by atoms with van der Waals surface area (Å²) in [5, 5.41) is 6.82. The Morgan fingerprint density at radius 2 is 2.18 bits per heavy atom. The number of hydrogen-bond acceptors (Lipinski definition) is 4. The van der Waals surface area contributed by atoms with E-state index in [0.717, 1.165) is 49.7 Å². The first-order valence-corrected chi connectivity index (χ1v) is 7.85. The smallest absolute Gasteiger partial charge is 0.231 e. The lowest BCUT2D eigenvalue weighted by molar-refractivity contribution is -0.127. The number of fused-ring (bicyclic) bond motifs is 1. The molecule has 1 aromatic carbocycles. The predicted octanol–water partition coefficient (Wildman–Crippen LogP) is 1.71. The number of carbonyl (C=O) groups is 1. The number of nitrogens with zero attached hydrogens (tertiary/aromatic N) is 1. The number of hydrogen-bond donors (Lipinski definition) is 2. The molecule has 0 aromatic heterocycles. The minimum atomic E-state index is 0.261. The highest BCUT2D eigenvalue weighted by Gasteiger charge is 2.19. The molecule has 6 nitrogen and oxygen atoms in total. The second-order valence-corrected chi connectivity index (χ2v) is 5.70. The average Bonchev–Trinajstić information content (AvgIpc) is 3.12. The second-order valence-electron chi connectivity index (χ2n) is 5.29. The number of ether oxygens (including phenoxy) is 2. The highest BCUT2D eigenvalue weighted by atomic mass is 32.1. The van der Waals surface area contributed by atoms with E-state index < -0.39 is 0 Å². The van der Waals surface area contributed by atoms with Gasteiger partial charge in [-0.25, -0.2) is 0 Å². The van der Waals surface area contributed by atoms with Gasteiger partial charge in [-0.1, -0.05) is 0 Å². The van der Waals surface area contributed by atoms with Gasteiger partial charge in [0, 0.05) is 37.8 Å². The molecular weight excluding hydrogens is 302 g/mol. The van der Waals surface area contributed by atoms with E-state index in [4.69, 9.17) is 21.7 Å². The van der Waals surface area contributed by atoms with Crippen LogP contribution in [0.1, 0.15) is 19.3 Å².